The molecule has 1 amide bonds. The van der Waals surface area contributed by atoms with Crippen LogP contribution in [0.3, 0.4) is 0 Å². The molecule has 2 rings (SSSR count). The Morgan fingerprint density at radius 2 is 1.33 bits per heavy atom. The van der Waals surface area contributed by atoms with E-state index in [-0.39, 0.29) is 25.9 Å². The molecule has 5 nitrogen and oxygen atoms in total. The molecule has 33 heavy (non-hydrogen) atoms. The van der Waals surface area contributed by atoms with Crippen LogP contribution in [-0.4, -0.2) is 28.8 Å². The molecule has 14 heteroatoms. The standard InChI is InChI=1S/C14H18ClNO4.C5H5.F6P.Ru/c1-14(2,3)20-13(19)16-11(12(17)18)8-9-4-6-10(15)7-5-9;1-2-4-5-3-1;1-7(2,3,4,5)6;/h4-7,11H,8H2,1-3H3,(H,16,19)(H,17,18);1-5H;;/q;;-1;+2/t11-;;;/m0.../s1. The Morgan fingerprint density at radius 3 is 1.64 bits per heavy atom. The molecule has 1 aliphatic carbocycles. The van der Waals surface area contributed by atoms with Crippen LogP contribution < -0.4 is 5.32 Å². The molecule has 1 aromatic rings. The Kier molecular flexibility index (Phi) is 12.9. The Bertz CT molecular complexity index is 735. The molecule has 1 saturated carbocycles. The van der Waals surface area contributed by atoms with Gasteiger partial charge in [0.2, 0.25) is 0 Å². The fourth-order valence-electron chi connectivity index (χ4n) is 1.83. The Balaban J connectivity index is 0. The third-order valence-electron chi connectivity index (χ3n) is 2.90. The number of carboxylic acids is 1. The van der Waals surface area contributed by atoms with Crippen LogP contribution in [0.5, 0.6) is 0 Å². The molecule has 0 aliphatic heterocycles. The Morgan fingerprint density at radius 1 is 0.970 bits per heavy atom. The molecule has 0 aromatic heterocycles. The third-order valence-corrected chi connectivity index (χ3v) is 3.15. The van der Waals surface area contributed by atoms with Gasteiger partial charge in [-0.15, -0.1) is 0 Å². The minimum absolute atomic E-state index is 0. The van der Waals surface area contributed by atoms with E-state index in [9.17, 15) is 34.8 Å². The maximum absolute atomic E-state index is 11.6. The smallest absolute Gasteiger partial charge is 0.0312 e. The second-order valence-electron chi connectivity index (χ2n) is 7.29. The molecule has 0 bridgehead atoms. The summed E-state index contributed by atoms with van der Waals surface area (Å²) in [5.41, 5.74) is 0.0887. The third kappa shape index (κ3) is 27.0. The summed E-state index contributed by atoms with van der Waals surface area (Å²) in [4.78, 5) is 22.8. The van der Waals surface area contributed by atoms with Crippen molar-refractivity contribution in [1.29, 1.82) is 0 Å². The molecule has 2 N–H and O–H groups in total. The number of hydrogen-bond donors (Lipinski definition) is 2. The van der Waals surface area contributed by atoms with E-state index in [0.717, 1.165) is 5.56 Å². The van der Waals surface area contributed by atoms with Crippen LogP contribution in [0.4, 0.5) is 30.0 Å². The van der Waals surface area contributed by atoms with E-state index in [1.165, 1.54) is 0 Å². The van der Waals surface area contributed by atoms with Crippen molar-refractivity contribution in [2.24, 2.45) is 0 Å². The maximum Gasteiger partial charge on any atom is 2.00 e. The van der Waals surface area contributed by atoms with Crippen LogP contribution in [0, 0.1) is 32.1 Å². The number of amides is 1. The van der Waals surface area contributed by atoms with E-state index in [2.05, 4.69) is 5.32 Å². The first-order chi connectivity index (χ1) is 14.1. The maximum atomic E-state index is 11.6. The number of carboxylic acid groups (broad SMARTS) is 1. The number of carbonyl (C=O) groups is 2. The molecule has 0 heterocycles. The van der Waals surface area contributed by atoms with Crippen LogP contribution in [0.25, 0.3) is 0 Å². The van der Waals surface area contributed by atoms with Crippen molar-refractivity contribution in [3.05, 3.63) is 67.0 Å². The van der Waals surface area contributed by atoms with Crippen LogP contribution in [0.2, 0.25) is 5.02 Å². The summed E-state index contributed by atoms with van der Waals surface area (Å²) in [6.45, 7) is 5.13. The molecule has 1 aliphatic rings. The number of rotatable bonds is 4. The van der Waals surface area contributed by atoms with Crippen molar-refractivity contribution >= 4 is 31.5 Å². The number of hydrogen-bond acceptors (Lipinski definition) is 3. The van der Waals surface area contributed by atoms with Crippen molar-refractivity contribution in [2.75, 3.05) is 0 Å². The molecular weight excluding hydrogens is 588 g/mol. The molecule has 0 unspecified atom stereocenters. The van der Waals surface area contributed by atoms with Gasteiger partial charge in [-0.1, -0.05) is 23.7 Å². The minimum Gasteiger partial charge on any atom is -0.0312 e. The first kappa shape index (κ1) is 34.1. The van der Waals surface area contributed by atoms with E-state index < -0.39 is 31.5 Å². The number of alkyl carbamates (subject to hydrolysis) is 1. The second-order valence-corrected chi connectivity index (χ2v) is 9.64. The van der Waals surface area contributed by atoms with Crippen LogP contribution in [0.1, 0.15) is 26.3 Å². The van der Waals surface area contributed by atoms with Gasteiger partial charge in [0.15, 0.2) is 0 Å². The predicted molar refractivity (Wildman–Crippen MR) is 111 cm³/mol. The normalized spacial score (nSPS) is 16.2. The fraction of sp³-hybridized carbons (Fsp3) is 0.316. The van der Waals surface area contributed by atoms with Gasteiger partial charge in [0, 0.05) is 11.4 Å². The van der Waals surface area contributed by atoms with E-state index in [1.54, 1.807) is 45.0 Å². The van der Waals surface area contributed by atoms with Gasteiger partial charge >= 0.3 is 64.5 Å². The Labute approximate surface area is 206 Å². The van der Waals surface area contributed by atoms with Gasteiger partial charge in [-0.2, -0.15) is 0 Å². The van der Waals surface area contributed by atoms with E-state index >= 15 is 0 Å². The van der Waals surface area contributed by atoms with Gasteiger partial charge < -0.3 is 15.2 Å². The van der Waals surface area contributed by atoms with Crippen molar-refractivity contribution in [2.45, 2.75) is 38.8 Å². The number of ether oxygens (including phenoxy) is 1. The monoisotopic (exact) mass is 611 g/mol. The number of carbonyl (C=O) groups excluding carboxylic acids is 1. The topological polar surface area (TPSA) is 75.6 Å². The van der Waals surface area contributed by atoms with Gasteiger partial charge in [-0.3, -0.25) is 0 Å². The fourth-order valence-corrected chi connectivity index (χ4v) is 1.95. The molecule has 1 atom stereocenters. The second kappa shape index (κ2) is 12.5. The van der Waals surface area contributed by atoms with Gasteiger partial charge in [-0.25, -0.2) is 9.59 Å². The van der Waals surface area contributed by atoms with Gasteiger partial charge in [0.1, 0.15) is 11.6 Å². The van der Waals surface area contributed by atoms with Crippen molar-refractivity contribution in [3.63, 3.8) is 0 Å². The summed E-state index contributed by atoms with van der Waals surface area (Å²) < 4.78 is 64.2. The predicted octanol–water partition coefficient (Wildman–Crippen LogP) is 7.26. The van der Waals surface area contributed by atoms with Gasteiger partial charge in [-0.05, 0) is 70.6 Å². The first-order valence-corrected chi connectivity index (χ1v) is 11.2. The number of benzene rings is 1. The summed E-state index contributed by atoms with van der Waals surface area (Å²) in [6.07, 6.45) is 9.41. The quantitative estimate of drug-likeness (QED) is 0.214. The van der Waals surface area contributed by atoms with E-state index in [0.29, 0.717) is 5.02 Å². The Hall–Kier alpha value is -1.12. The summed E-state index contributed by atoms with van der Waals surface area (Å²) in [5.74, 6) is -1.12. The summed E-state index contributed by atoms with van der Waals surface area (Å²) in [7, 11) is -10.7. The van der Waals surface area contributed by atoms with Crippen LogP contribution in [-0.2, 0) is 35.4 Å². The van der Waals surface area contributed by atoms with Gasteiger partial charge in [0.25, 0.3) is 0 Å². The number of halogens is 7. The van der Waals surface area contributed by atoms with Crippen LogP contribution >= 0.6 is 19.4 Å². The number of aliphatic carboxylic acids is 1. The summed E-state index contributed by atoms with van der Waals surface area (Å²) >= 11 is 5.76. The minimum atomic E-state index is -10.7. The van der Waals surface area contributed by atoms with E-state index in [4.69, 9.17) is 21.4 Å². The molecule has 5 radical (unpaired) electrons. The SMILES string of the molecule is CC(C)(C)OC(=O)N[C@@H](Cc1ccc(Cl)cc1)C(=O)O.F[P-](F)(F)(F)(F)F.[CH]1[CH][CH][CH][CH]1.[Ru+2]. The largest absolute Gasteiger partial charge is 2.00 e. The zero-order valence-electron chi connectivity index (χ0n) is 17.6. The van der Waals surface area contributed by atoms with Crippen molar-refractivity contribution < 1.29 is 64.1 Å². The average Bonchev–Trinajstić information content (AvgIpc) is 3.11. The molecule has 0 spiro atoms. The van der Waals surface area contributed by atoms with E-state index in [1.807, 2.05) is 32.1 Å². The van der Waals surface area contributed by atoms with Crippen LogP contribution in [0.15, 0.2) is 24.3 Å². The van der Waals surface area contributed by atoms with Gasteiger partial charge in [0.05, 0.1) is 0 Å². The molecule has 1 fully saturated rings. The molecule has 0 saturated heterocycles. The van der Waals surface area contributed by atoms with Crippen molar-refractivity contribution in [3.8, 4) is 0 Å². The molecule has 1 aromatic carbocycles. The zero-order chi connectivity index (χ0) is 25.3. The van der Waals surface area contributed by atoms with Crippen molar-refractivity contribution in [1.82, 2.24) is 5.32 Å². The summed E-state index contributed by atoms with van der Waals surface area (Å²) in [6, 6.07) is 5.72. The molecule has 189 valence electrons. The first-order valence-electron chi connectivity index (χ1n) is 8.82. The average molecular weight is 611 g/mol. The zero-order valence-corrected chi connectivity index (χ0v) is 21.0. The number of nitrogens with one attached hydrogen (secondary N) is 1. The molecular formula is C19H23ClF6NO4PRu+. The summed E-state index contributed by atoms with van der Waals surface area (Å²) in [5, 5.41) is 12.1.